The molecule has 2 aromatic carbocycles. The molecule has 3 aliphatic heterocycles. The average Bonchev–Trinajstić information content (AvgIpc) is 3.17. The van der Waals surface area contributed by atoms with Gasteiger partial charge in [0.2, 0.25) is 11.8 Å². The summed E-state index contributed by atoms with van der Waals surface area (Å²) >= 11 is 0. The van der Waals surface area contributed by atoms with Crippen molar-refractivity contribution in [1.29, 1.82) is 0 Å². The standard InChI is InChI=1S/C32H34N2O6/c1-7-22-23(27(35)38-8-2)32(24(26(33)40-22)28(36)39-9-3)21-17-13-16-20-25(21)34(29(32)37)30(4,5)18-31(20,6)19-14-11-10-12-15-19/h7,10-17H,1,8-9,18,33H2,2-6H3. The van der Waals surface area contributed by atoms with Gasteiger partial charge in [-0.15, -0.1) is 0 Å². The molecule has 0 saturated heterocycles. The fourth-order valence-electron chi connectivity index (χ4n) is 6.85. The Bertz CT molecular complexity index is 1500. The molecule has 0 aromatic heterocycles. The van der Waals surface area contributed by atoms with Gasteiger partial charge >= 0.3 is 11.9 Å². The molecule has 2 atom stereocenters. The van der Waals surface area contributed by atoms with Crippen molar-refractivity contribution in [3.05, 3.63) is 101 Å². The van der Waals surface area contributed by atoms with Gasteiger partial charge in [0, 0.05) is 16.5 Å². The smallest absolute Gasteiger partial charge is 0.341 e. The van der Waals surface area contributed by atoms with Crippen molar-refractivity contribution in [2.75, 3.05) is 18.1 Å². The van der Waals surface area contributed by atoms with Crippen molar-refractivity contribution >= 4 is 23.5 Å². The summed E-state index contributed by atoms with van der Waals surface area (Å²) in [7, 11) is 0. The van der Waals surface area contributed by atoms with E-state index in [1.54, 1.807) is 24.8 Å². The first-order chi connectivity index (χ1) is 19.0. The Kier molecular flexibility index (Phi) is 6.40. The zero-order chi connectivity index (χ0) is 29.0. The van der Waals surface area contributed by atoms with E-state index in [1.807, 2.05) is 44.2 Å². The number of nitrogens with two attached hydrogens (primary N) is 1. The predicted octanol–water partition coefficient (Wildman–Crippen LogP) is 4.53. The molecule has 2 unspecified atom stereocenters. The van der Waals surface area contributed by atoms with E-state index in [1.165, 1.54) is 6.08 Å². The minimum Gasteiger partial charge on any atom is -0.462 e. The molecule has 2 N–H and O–H groups in total. The van der Waals surface area contributed by atoms with Gasteiger partial charge in [-0.2, -0.15) is 0 Å². The first-order valence-corrected chi connectivity index (χ1v) is 13.4. The molecule has 0 radical (unpaired) electrons. The van der Waals surface area contributed by atoms with Gasteiger partial charge < -0.3 is 24.8 Å². The molecular weight excluding hydrogens is 508 g/mol. The van der Waals surface area contributed by atoms with E-state index in [-0.39, 0.29) is 36.0 Å². The first kappa shape index (κ1) is 27.2. The summed E-state index contributed by atoms with van der Waals surface area (Å²) in [5, 5.41) is 0. The van der Waals surface area contributed by atoms with Crippen LogP contribution in [0.4, 0.5) is 5.69 Å². The van der Waals surface area contributed by atoms with Crippen LogP contribution in [-0.4, -0.2) is 36.6 Å². The number of carbonyl (C=O) groups is 3. The minimum absolute atomic E-state index is 0.0286. The highest BCUT2D eigenvalue weighted by Gasteiger charge is 2.68. The summed E-state index contributed by atoms with van der Waals surface area (Å²) in [6.45, 7) is 13.3. The molecule has 0 aliphatic carbocycles. The van der Waals surface area contributed by atoms with E-state index in [4.69, 9.17) is 19.9 Å². The number of nitrogens with zero attached hydrogens (tertiary/aromatic N) is 1. The SMILES string of the molecule is C=CC1=C(C(=O)OCC)C2(C(=O)N3c4c2cccc4C(C)(c2ccccc2)CC3(C)C)C(C(=O)OCC)=C(N)O1. The van der Waals surface area contributed by atoms with Crippen LogP contribution in [0.1, 0.15) is 57.7 Å². The Morgan fingerprint density at radius 1 is 0.975 bits per heavy atom. The Morgan fingerprint density at radius 2 is 1.57 bits per heavy atom. The fourth-order valence-corrected chi connectivity index (χ4v) is 6.85. The second-order valence-electron chi connectivity index (χ2n) is 11.0. The lowest BCUT2D eigenvalue weighted by Crippen LogP contribution is -2.58. The highest BCUT2D eigenvalue weighted by molar-refractivity contribution is 6.23. The number of hydrogen-bond donors (Lipinski definition) is 1. The topological polar surface area (TPSA) is 108 Å². The van der Waals surface area contributed by atoms with Crippen molar-refractivity contribution in [2.45, 2.75) is 57.4 Å². The largest absolute Gasteiger partial charge is 0.462 e. The van der Waals surface area contributed by atoms with Crippen LogP contribution in [0.25, 0.3) is 0 Å². The normalized spacial score (nSPS) is 24.5. The van der Waals surface area contributed by atoms with Gasteiger partial charge in [-0.25, -0.2) is 9.59 Å². The highest BCUT2D eigenvalue weighted by Crippen LogP contribution is 2.62. The molecular formula is C32H34N2O6. The Morgan fingerprint density at radius 3 is 2.17 bits per heavy atom. The average molecular weight is 543 g/mol. The molecule has 5 rings (SSSR count). The van der Waals surface area contributed by atoms with Crippen LogP contribution in [-0.2, 0) is 39.4 Å². The molecule has 3 aliphatic rings. The number of esters is 2. The van der Waals surface area contributed by atoms with Crippen LogP contribution in [0.2, 0.25) is 0 Å². The maximum Gasteiger partial charge on any atom is 0.341 e. The lowest BCUT2D eigenvalue weighted by atomic mass is 9.64. The molecule has 8 nitrogen and oxygen atoms in total. The van der Waals surface area contributed by atoms with Crippen LogP contribution in [0.5, 0.6) is 0 Å². The quantitative estimate of drug-likeness (QED) is 0.535. The van der Waals surface area contributed by atoms with E-state index in [0.717, 1.165) is 11.1 Å². The van der Waals surface area contributed by atoms with Crippen LogP contribution in [0.3, 0.4) is 0 Å². The van der Waals surface area contributed by atoms with Crippen molar-refractivity contribution < 1.29 is 28.6 Å². The zero-order valence-electron chi connectivity index (χ0n) is 23.5. The van der Waals surface area contributed by atoms with Crippen LogP contribution >= 0.6 is 0 Å². The summed E-state index contributed by atoms with van der Waals surface area (Å²) < 4.78 is 16.6. The predicted molar refractivity (Wildman–Crippen MR) is 150 cm³/mol. The third kappa shape index (κ3) is 3.48. The summed E-state index contributed by atoms with van der Waals surface area (Å²) in [6.07, 6.45) is 1.89. The Hall–Kier alpha value is -4.33. The number of allylic oxidation sites excluding steroid dienone is 1. The third-order valence-corrected chi connectivity index (χ3v) is 8.19. The number of hydrogen-bond acceptors (Lipinski definition) is 7. The monoisotopic (exact) mass is 542 g/mol. The van der Waals surface area contributed by atoms with Crippen molar-refractivity contribution in [3.8, 4) is 0 Å². The van der Waals surface area contributed by atoms with Gasteiger partial charge in [-0.3, -0.25) is 4.79 Å². The number of anilines is 1. The van der Waals surface area contributed by atoms with Crippen LogP contribution in [0, 0.1) is 0 Å². The molecule has 8 heteroatoms. The number of benzene rings is 2. The molecule has 3 heterocycles. The van der Waals surface area contributed by atoms with Crippen molar-refractivity contribution in [3.63, 3.8) is 0 Å². The fraction of sp³-hybridized carbons (Fsp3) is 0.344. The van der Waals surface area contributed by atoms with Gasteiger partial charge in [-0.05, 0) is 51.3 Å². The number of amides is 1. The second-order valence-corrected chi connectivity index (χ2v) is 11.0. The van der Waals surface area contributed by atoms with Crippen LogP contribution < -0.4 is 10.6 Å². The molecule has 0 fully saturated rings. The lowest BCUT2D eigenvalue weighted by Gasteiger charge is -2.50. The van der Waals surface area contributed by atoms with Gasteiger partial charge in [0.25, 0.3) is 0 Å². The number of rotatable bonds is 6. The van der Waals surface area contributed by atoms with E-state index in [2.05, 4.69) is 25.6 Å². The zero-order valence-corrected chi connectivity index (χ0v) is 23.5. The third-order valence-electron chi connectivity index (χ3n) is 8.19. The Labute approximate surface area is 234 Å². The van der Waals surface area contributed by atoms with Gasteiger partial charge in [0.15, 0.2) is 0 Å². The number of carbonyl (C=O) groups excluding carboxylic acids is 3. The number of para-hydroxylation sites is 1. The number of fused-ring (bicyclic) bond motifs is 1. The number of ether oxygens (including phenoxy) is 3. The second kappa shape index (κ2) is 9.40. The van der Waals surface area contributed by atoms with Crippen molar-refractivity contribution in [1.82, 2.24) is 0 Å². The Balaban J connectivity index is 1.94. The van der Waals surface area contributed by atoms with E-state index in [0.29, 0.717) is 17.7 Å². The molecule has 1 amide bonds. The molecule has 2 aromatic rings. The lowest BCUT2D eigenvalue weighted by molar-refractivity contribution is -0.143. The summed E-state index contributed by atoms with van der Waals surface area (Å²) in [5.74, 6) is -2.51. The first-order valence-electron chi connectivity index (χ1n) is 13.4. The van der Waals surface area contributed by atoms with E-state index in [9.17, 15) is 9.59 Å². The van der Waals surface area contributed by atoms with Crippen molar-refractivity contribution in [2.24, 2.45) is 5.73 Å². The highest BCUT2D eigenvalue weighted by atomic mass is 16.5. The van der Waals surface area contributed by atoms with E-state index < -0.39 is 34.2 Å². The maximum absolute atomic E-state index is 15.1. The maximum atomic E-state index is 15.1. The summed E-state index contributed by atoms with van der Waals surface area (Å²) in [6, 6.07) is 15.7. The van der Waals surface area contributed by atoms with Gasteiger partial charge in [-0.1, -0.05) is 62.0 Å². The molecule has 40 heavy (non-hydrogen) atoms. The van der Waals surface area contributed by atoms with Gasteiger partial charge in [0.1, 0.15) is 22.3 Å². The minimum atomic E-state index is -1.96. The molecule has 1 spiro atoms. The van der Waals surface area contributed by atoms with Crippen LogP contribution in [0.15, 0.2) is 84.0 Å². The molecule has 0 saturated carbocycles. The summed E-state index contributed by atoms with van der Waals surface area (Å²) in [4.78, 5) is 44.1. The van der Waals surface area contributed by atoms with E-state index >= 15 is 4.79 Å². The molecule has 0 bridgehead atoms. The summed E-state index contributed by atoms with van der Waals surface area (Å²) in [5.41, 5.74) is 5.89. The molecule has 208 valence electrons. The van der Waals surface area contributed by atoms with Gasteiger partial charge in [0.05, 0.1) is 18.9 Å².